The summed E-state index contributed by atoms with van der Waals surface area (Å²) < 4.78 is 0.905. The van der Waals surface area contributed by atoms with Crippen LogP contribution in [0.3, 0.4) is 0 Å². The van der Waals surface area contributed by atoms with E-state index < -0.39 is 17.7 Å². The van der Waals surface area contributed by atoms with Gasteiger partial charge in [0.15, 0.2) is 0 Å². The molecule has 0 aromatic heterocycles. The summed E-state index contributed by atoms with van der Waals surface area (Å²) in [5.74, 6) is -1.86. The zero-order valence-corrected chi connectivity index (χ0v) is 17.8. The third-order valence-corrected chi connectivity index (χ3v) is 6.08. The van der Waals surface area contributed by atoms with E-state index in [0.29, 0.717) is 23.4 Å². The number of halogens is 2. The van der Waals surface area contributed by atoms with Gasteiger partial charge in [0.25, 0.3) is 17.7 Å². The van der Waals surface area contributed by atoms with Crippen molar-refractivity contribution >= 4 is 45.3 Å². The average Bonchev–Trinajstić information content (AvgIpc) is 2.98. The molecule has 1 aliphatic heterocycles. The Balaban J connectivity index is 1.70. The largest absolute Gasteiger partial charge is 0.273 e. The summed E-state index contributed by atoms with van der Waals surface area (Å²) in [5.41, 5.74) is 1.17. The minimum atomic E-state index is -0.419. The van der Waals surface area contributed by atoms with Crippen molar-refractivity contribution in [1.29, 1.82) is 0 Å². The van der Waals surface area contributed by atoms with Crippen LogP contribution < -0.4 is 0 Å². The smallest absolute Gasteiger partial charge is 0.272 e. The quantitative estimate of drug-likeness (QED) is 0.481. The second kappa shape index (κ2) is 8.13. The van der Waals surface area contributed by atoms with Crippen LogP contribution in [-0.2, 0) is 16.1 Å². The molecule has 0 radical (unpaired) electrons. The molecule has 0 unspecified atom stereocenters. The SMILES string of the molecule is O=C(c1ccc(Cl)cc1)N(Cc1ccc(Br)cc1)N1C(=O)[C@@H]2CC=CC[C@H]2C1=O. The second-order valence-electron chi connectivity index (χ2n) is 7.14. The first-order valence-corrected chi connectivity index (χ1v) is 10.5. The van der Waals surface area contributed by atoms with Crippen LogP contribution in [0.25, 0.3) is 0 Å². The summed E-state index contributed by atoms with van der Waals surface area (Å²) in [6.45, 7) is 0.110. The molecule has 1 saturated heterocycles. The van der Waals surface area contributed by atoms with Gasteiger partial charge >= 0.3 is 0 Å². The van der Waals surface area contributed by atoms with E-state index in [1.54, 1.807) is 24.3 Å². The molecule has 2 aromatic carbocycles. The molecule has 0 bridgehead atoms. The van der Waals surface area contributed by atoms with Gasteiger partial charge in [-0.2, -0.15) is 5.01 Å². The van der Waals surface area contributed by atoms with Gasteiger partial charge in [-0.25, -0.2) is 5.01 Å². The molecule has 1 aliphatic carbocycles. The molecule has 1 fully saturated rings. The first kappa shape index (κ1) is 19.9. The van der Waals surface area contributed by atoms with E-state index in [1.165, 1.54) is 5.01 Å². The van der Waals surface area contributed by atoms with Gasteiger partial charge in [-0.15, -0.1) is 0 Å². The maximum absolute atomic E-state index is 13.3. The van der Waals surface area contributed by atoms with Crippen molar-refractivity contribution in [3.8, 4) is 0 Å². The minimum Gasteiger partial charge on any atom is -0.272 e. The first-order chi connectivity index (χ1) is 14.0. The molecular formula is C22H18BrClN2O3. The highest BCUT2D eigenvalue weighted by Crippen LogP contribution is 2.36. The Morgan fingerprint density at radius 2 is 1.52 bits per heavy atom. The number of hydrazine groups is 1. The van der Waals surface area contributed by atoms with Gasteiger partial charge in [0, 0.05) is 15.1 Å². The fourth-order valence-electron chi connectivity index (χ4n) is 3.76. The van der Waals surface area contributed by atoms with Crippen molar-refractivity contribution < 1.29 is 14.4 Å². The van der Waals surface area contributed by atoms with Crippen molar-refractivity contribution in [3.63, 3.8) is 0 Å². The first-order valence-electron chi connectivity index (χ1n) is 9.30. The molecule has 1 heterocycles. The Bertz CT molecular complexity index is 962. The van der Waals surface area contributed by atoms with Gasteiger partial charge in [0.1, 0.15) is 0 Å². The number of allylic oxidation sites excluding steroid dienone is 2. The molecule has 5 nitrogen and oxygen atoms in total. The van der Waals surface area contributed by atoms with Crippen LogP contribution in [0.4, 0.5) is 0 Å². The molecule has 0 saturated carbocycles. The highest BCUT2D eigenvalue weighted by molar-refractivity contribution is 9.10. The molecule has 0 N–H and O–H groups in total. The summed E-state index contributed by atoms with van der Waals surface area (Å²) in [7, 11) is 0. The third-order valence-electron chi connectivity index (χ3n) is 5.30. The minimum absolute atomic E-state index is 0.110. The van der Waals surface area contributed by atoms with Crippen molar-refractivity contribution in [2.24, 2.45) is 11.8 Å². The second-order valence-corrected chi connectivity index (χ2v) is 8.49. The summed E-state index contributed by atoms with van der Waals surface area (Å²) in [5, 5.41) is 2.82. The number of carbonyl (C=O) groups excluding carboxylic acids is 3. The van der Waals surface area contributed by atoms with E-state index >= 15 is 0 Å². The van der Waals surface area contributed by atoms with Crippen molar-refractivity contribution in [2.75, 3.05) is 0 Å². The Labute approximate surface area is 182 Å². The van der Waals surface area contributed by atoms with Crippen LogP contribution in [0.1, 0.15) is 28.8 Å². The van der Waals surface area contributed by atoms with E-state index in [0.717, 1.165) is 15.0 Å². The predicted octanol–water partition coefficient (Wildman–Crippen LogP) is 4.61. The van der Waals surface area contributed by atoms with E-state index in [9.17, 15) is 14.4 Å². The van der Waals surface area contributed by atoms with Gasteiger partial charge in [0.05, 0.1) is 18.4 Å². The molecule has 7 heteroatoms. The number of benzene rings is 2. The van der Waals surface area contributed by atoms with Gasteiger partial charge < -0.3 is 0 Å². The Morgan fingerprint density at radius 3 is 2.07 bits per heavy atom. The van der Waals surface area contributed by atoms with Crippen molar-refractivity contribution in [2.45, 2.75) is 19.4 Å². The van der Waals surface area contributed by atoms with Crippen LogP contribution in [-0.4, -0.2) is 27.7 Å². The monoisotopic (exact) mass is 472 g/mol. The maximum atomic E-state index is 13.3. The number of rotatable bonds is 4. The lowest BCUT2D eigenvalue weighted by Crippen LogP contribution is -2.49. The van der Waals surface area contributed by atoms with Crippen molar-refractivity contribution in [3.05, 3.63) is 81.3 Å². The Kier molecular flexibility index (Phi) is 5.56. The Hall–Kier alpha value is -2.44. The Morgan fingerprint density at radius 1 is 0.966 bits per heavy atom. The summed E-state index contributed by atoms with van der Waals surface area (Å²) >= 11 is 9.33. The predicted molar refractivity (Wildman–Crippen MR) is 113 cm³/mol. The molecule has 2 aromatic rings. The van der Waals surface area contributed by atoms with E-state index in [2.05, 4.69) is 15.9 Å². The van der Waals surface area contributed by atoms with Gasteiger partial charge in [-0.1, -0.05) is 51.8 Å². The van der Waals surface area contributed by atoms with E-state index in [1.807, 2.05) is 36.4 Å². The van der Waals surface area contributed by atoms with Crippen LogP contribution in [0.2, 0.25) is 5.02 Å². The highest BCUT2D eigenvalue weighted by Gasteiger charge is 2.50. The van der Waals surface area contributed by atoms with E-state index in [-0.39, 0.29) is 18.4 Å². The number of carbonyl (C=O) groups is 3. The summed E-state index contributed by atoms with van der Waals surface area (Å²) in [6, 6.07) is 13.8. The number of amides is 3. The van der Waals surface area contributed by atoms with Crippen LogP contribution in [0, 0.1) is 11.8 Å². The zero-order chi connectivity index (χ0) is 20.5. The van der Waals surface area contributed by atoms with Crippen LogP contribution >= 0.6 is 27.5 Å². The lowest BCUT2D eigenvalue weighted by atomic mass is 9.85. The normalized spacial score (nSPS) is 20.7. The fourth-order valence-corrected chi connectivity index (χ4v) is 4.15. The number of hydrogen-bond donors (Lipinski definition) is 0. The third kappa shape index (κ3) is 3.87. The highest BCUT2D eigenvalue weighted by atomic mass is 79.9. The average molecular weight is 474 g/mol. The molecule has 2 aliphatic rings. The number of imide groups is 1. The molecular weight excluding hydrogens is 456 g/mol. The summed E-state index contributed by atoms with van der Waals surface area (Å²) in [6.07, 6.45) is 4.89. The standard InChI is InChI=1S/C22H18BrClN2O3/c23-16-9-5-14(6-10-16)13-25(20(27)15-7-11-17(24)12-8-15)26-21(28)18-3-1-2-4-19(18)22(26)29/h1-2,5-12,18-19H,3-4,13H2/t18-,19-/m1/s1. The molecule has 2 atom stereocenters. The van der Waals surface area contributed by atoms with Gasteiger partial charge in [-0.3, -0.25) is 14.4 Å². The number of hydrogen-bond acceptors (Lipinski definition) is 3. The maximum Gasteiger partial charge on any atom is 0.273 e. The lowest BCUT2D eigenvalue weighted by Gasteiger charge is -2.30. The molecule has 3 amide bonds. The lowest BCUT2D eigenvalue weighted by molar-refractivity contribution is -0.155. The molecule has 0 spiro atoms. The zero-order valence-electron chi connectivity index (χ0n) is 15.4. The number of fused-ring (bicyclic) bond motifs is 1. The fraction of sp³-hybridized carbons (Fsp3) is 0.227. The molecule has 148 valence electrons. The molecule has 4 rings (SSSR count). The number of nitrogens with zero attached hydrogens (tertiary/aromatic N) is 2. The van der Waals surface area contributed by atoms with Crippen LogP contribution in [0.5, 0.6) is 0 Å². The van der Waals surface area contributed by atoms with E-state index in [4.69, 9.17) is 11.6 Å². The molecule has 29 heavy (non-hydrogen) atoms. The van der Waals surface area contributed by atoms with Gasteiger partial charge in [-0.05, 0) is 54.8 Å². The summed E-state index contributed by atoms with van der Waals surface area (Å²) in [4.78, 5) is 39.5. The topological polar surface area (TPSA) is 57.7 Å². The van der Waals surface area contributed by atoms with Crippen molar-refractivity contribution in [1.82, 2.24) is 10.0 Å². The van der Waals surface area contributed by atoms with Crippen LogP contribution in [0.15, 0.2) is 65.2 Å². The van der Waals surface area contributed by atoms with Gasteiger partial charge in [0.2, 0.25) is 0 Å².